The molecule has 0 aliphatic carbocycles. The number of aryl methyl sites for hydroxylation is 1. The Morgan fingerprint density at radius 1 is 1.14 bits per heavy atom. The van der Waals surface area contributed by atoms with Crippen LogP contribution in [0, 0.1) is 0 Å². The maximum Gasteiger partial charge on any atom is 0.341 e. The number of rotatable bonds is 3. The first kappa shape index (κ1) is 13.5. The second kappa shape index (κ2) is 5.87. The van der Waals surface area contributed by atoms with Crippen LogP contribution in [0.3, 0.4) is 0 Å². The average molecular weight is 284 g/mol. The fraction of sp³-hybridized carbons (Fsp3) is 0.235. The van der Waals surface area contributed by atoms with Crippen molar-refractivity contribution in [3.8, 4) is 11.5 Å². The minimum Gasteiger partial charge on any atom is -0.465 e. The predicted octanol–water partition coefficient (Wildman–Crippen LogP) is 3.20. The zero-order chi connectivity index (χ0) is 14.7. The number of carbonyl (C=O) groups excluding carboxylic acids is 1. The third-order valence-corrected chi connectivity index (χ3v) is 3.43. The lowest BCUT2D eigenvalue weighted by molar-refractivity contribution is -0.0107. The summed E-state index contributed by atoms with van der Waals surface area (Å²) in [6, 6.07) is 14.9. The summed E-state index contributed by atoms with van der Waals surface area (Å²) in [5, 5.41) is 0. The van der Waals surface area contributed by atoms with Gasteiger partial charge in [0.2, 0.25) is 6.29 Å². The molecule has 108 valence electrons. The van der Waals surface area contributed by atoms with E-state index >= 15 is 0 Å². The monoisotopic (exact) mass is 284 g/mol. The molecule has 0 bridgehead atoms. The summed E-state index contributed by atoms with van der Waals surface area (Å²) in [7, 11) is 1.35. The molecule has 1 atom stereocenters. The summed E-state index contributed by atoms with van der Waals surface area (Å²) in [6.45, 7) is 0. The first-order valence-electron chi connectivity index (χ1n) is 6.86. The first-order valence-corrected chi connectivity index (χ1v) is 6.86. The molecule has 4 heteroatoms. The highest BCUT2D eigenvalue weighted by Gasteiger charge is 2.22. The number of esters is 1. The lowest BCUT2D eigenvalue weighted by Crippen LogP contribution is -2.29. The molecule has 0 fully saturated rings. The van der Waals surface area contributed by atoms with Gasteiger partial charge < -0.3 is 14.2 Å². The Morgan fingerprint density at radius 3 is 2.76 bits per heavy atom. The molecule has 1 heterocycles. The lowest BCUT2D eigenvalue weighted by Gasteiger charge is -2.26. The molecule has 1 aliphatic heterocycles. The number of carbonyl (C=O) groups is 1. The molecule has 0 radical (unpaired) electrons. The van der Waals surface area contributed by atoms with Gasteiger partial charge in [-0.2, -0.15) is 0 Å². The number of fused-ring (bicyclic) bond motifs is 1. The zero-order valence-electron chi connectivity index (χ0n) is 11.7. The van der Waals surface area contributed by atoms with Crippen LogP contribution >= 0.6 is 0 Å². The van der Waals surface area contributed by atoms with Crippen LogP contribution in [0.2, 0.25) is 0 Å². The van der Waals surface area contributed by atoms with E-state index in [0.29, 0.717) is 11.3 Å². The van der Waals surface area contributed by atoms with Gasteiger partial charge in [-0.25, -0.2) is 4.79 Å². The first-order chi connectivity index (χ1) is 10.3. The minimum absolute atomic E-state index is 0.397. The van der Waals surface area contributed by atoms with E-state index in [1.807, 2.05) is 30.3 Å². The number of ether oxygens (including phenoxy) is 3. The molecule has 0 spiro atoms. The highest BCUT2D eigenvalue weighted by atomic mass is 16.7. The van der Waals surface area contributed by atoms with Crippen LogP contribution < -0.4 is 9.47 Å². The predicted molar refractivity (Wildman–Crippen MR) is 77.6 cm³/mol. The smallest absolute Gasteiger partial charge is 0.341 e. The Bertz CT molecular complexity index is 651. The Kier molecular flexibility index (Phi) is 3.77. The van der Waals surface area contributed by atoms with Gasteiger partial charge in [-0.1, -0.05) is 30.3 Å². The van der Waals surface area contributed by atoms with Crippen molar-refractivity contribution in [3.05, 3.63) is 59.7 Å². The second-order valence-electron chi connectivity index (χ2n) is 4.80. The highest BCUT2D eigenvalue weighted by molar-refractivity contribution is 5.92. The van der Waals surface area contributed by atoms with E-state index in [1.54, 1.807) is 18.2 Å². The molecule has 4 nitrogen and oxygen atoms in total. The molecule has 2 aromatic rings. The highest BCUT2D eigenvalue weighted by Crippen LogP contribution is 2.29. The van der Waals surface area contributed by atoms with Crippen molar-refractivity contribution < 1.29 is 19.0 Å². The van der Waals surface area contributed by atoms with Crippen LogP contribution in [0.25, 0.3) is 0 Å². The van der Waals surface area contributed by atoms with E-state index in [0.717, 1.165) is 18.6 Å². The van der Waals surface area contributed by atoms with E-state index in [2.05, 4.69) is 0 Å². The Labute approximate surface area is 123 Å². The van der Waals surface area contributed by atoms with Gasteiger partial charge in [-0.3, -0.25) is 0 Å². The molecule has 0 aromatic heterocycles. The van der Waals surface area contributed by atoms with Crippen molar-refractivity contribution in [1.29, 1.82) is 0 Å². The van der Waals surface area contributed by atoms with E-state index in [9.17, 15) is 4.79 Å². The number of benzene rings is 2. The van der Waals surface area contributed by atoms with Gasteiger partial charge in [0, 0.05) is 6.42 Å². The summed E-state index contributed by atoms with van der Waals surface area (Å²) in [5.41, 5.74) is 1.58. The summed E-state index contributed by atoms with van der Waals surface area (Å²) < 4.78 is 16.4. The van der Waals surface area contributed by atoms with Crippen molar-refractivity contribution in [2.75, 3.05) is 7.11 Å². The van der Waals surface area contributed by atoms with Gasteiger partial charge in [0.05, 0.1) is 7.11 Å². The fourth-order valence-corrected chi connectivity index (χ4v) is 2.37. The SMILES string of the molecule is COC(=O)c1ccccc1OC1CCc2ccccc2O1. The molecule has 0 saturated heterocycles. The lowest BCUT2D eigenvalue weighted by atomic mass is 10.1. The molecule has 1 unspecified atom stereocenters. The van der Waals surface area contributed by atoms with Crippen LogP contribution in [0.5, 0.6) is 11.5 Å². The van der Waals surface area contributed by atoms with E-state index in [-0.39, 0.29) is 0 Å². The second-order valence-corrected chi connectivity index (χ2v) is 4.80. The van der Waals surface area contributed by atoms with Gasteiger partial charge in [-0.05, 0) is 30.2 Å². The van der Waals surface area contributed by atoms with Crippen molar-refractivity contribution >= 4 is 5.97 Å². The van der Waals surface area contributed by atoms with E-state index in [4.69, 9.17) is 14.2 Å². The Hall–Kier alpha value is -2.49. The normalized spacial score (nSPS) is 16.5. The van der Waals surface area contributed by atoms with Crippen molar-refractivity contribution in [3.63, 3.8) is 0 Å². The van der Waals surface area contributed by atoms with Crippen molar-refractivity contribution in [2.24, 2.45) is 0 Å². The maximum atomic E-state index is 11.7. The average Bonchev–Trinajstić information content (AvgIpc) is 2.54. The number of hydrogen-bond donors (Lipinski definition) is 0. The third-order valence-electron chi connectivity index (χ3n) is 3.43. The van der Waals surface area contributed by atoms with Gasteiger partial charge in [-0.15, -0.1) is 0 Å². The van der Waals surface area contributed by atoms with Crippen molar-refractivity contribution in [2.45, 2.75) is 19.1 Å². The molecule has 0 saturated carbocycles. The number of hydrogen-bond acceptors (Lipinski definition) is 4. The van der Waals surface area contributed by atoms with E-state index in [1.165, 1.54) is 12.7 Å². The minimum atomic E-state index is -0.415. The summed E-state index contributed by atoms with van der Waals surface area (Å²) in [5.74, 6) is 0.903. The van der Waals surface area contributed by atoms with Crippen LogP contribution in [0.1, 0.15) is 22.3 Å². The molecular formula is C17H16O4. The number of methoxy groups -OCH3 is 1. The largest absolute Gasteiger partial charge is 0.465 e. The molecule has 0 N–H and O–H groups in total. The van der Waals surface area contributed by atoms with Gasteiger partial charge in [0.1, 0.15) is 17.1 Å². The van der Waals surface area contributed by atoms with Gasteiger partial charge in [0.15, 0.2) is 0 Å². The zero-order valence-corrected chi connectivity index (χ0v) is 11.7. The summed E-state index contributed by atoms with van der Waals surface area (Å²) >= 11 is 0. The molecule has 21 heavy (non-hydrogen) atoms. The summed E-state index contributed by atoms with van der Waals surface area (Å²) in [4.78, 5) is 11.7. The van der Waals surface area contributed by atoms with Gasteiger partial charge in [0.25, 0.3) is 0 Å². The van der Waals surface area contributed by atoms with Crippen LogP contribution in [-0.2, 0) is 11.2 Å². The van der Waals surface area contributed by atoms with Crippen LogP contribution in [0.4, 0.5) is 0 Å². The standard InChI is InChI=1S/C17H16O4/c1-19-17(18)13-7-3-5-9-15(13)21-16-11-10-12-6-2-4-8-14(12)20-16/h2-9,16H,10-11H2,1H3. The quantitative estimate of drug-likeness (QED) is 0.812. The van der Waals surface area contributed by atoms with E-state index < -0.39 is 12.3 Å². The Balaban J connectivity index is 1.78. The van der Waals surface area contributed by atoms with Crippen molar-refractivity contribution in [1.82, 2.24) is 0 Å². The Morgan fingerprint density at radius 2 is 1.90 bits per heavy atom. The number of para-hydroxylation sites is 2. The van der Waals surface area contributed by atoms with Gasteiger partial charge >= 0.3 is 5.97 Å². The topological polar surface area (TPSA) is 44.8 Å². The summed E-state index contributed by atoms with van der Waals surface area (Å²) in [6.07, 6.45) is 1.24. The molecular weight excluding hydrogens is 268 g/mol. The van der Waals surface area contributed by atoms with Crippen LogP contribution in [-0.4, -0.2) is 19.4 Å². The van der Waals surface area contributed by atoms with Crippen LogP contribution in [0.15, 0.2) is 48.5 Å². The fourth-order valence-electron chi connectivity index (χ4n) is 2.37. The molecule has 3 rings (SSSR count). The molecule has 2 aromatic carbocycles. The third kappa shape index (κ3) is 2.84. The maximum absolute atomic E-state index is 11.7. The molecule has 1 aliphatic rings. The molecule has 0 amide bonds.